The fourth-order valence-electron chi connectivity index (χ4n) is 2.67. The van der Waals surface area contributed by atoms with Crippen molar-refractivity contribution in [2.75, 3.05) is 5.32 Å². The van der Waals surface area contributed by atoms with Crippen molar-refractivity contribution in [3.63, 3.8) is 0 Å². The highest BCUT2D eigenvalue weighted by atomic mass is 15.3. The number of rotatable bonds is 3. The van der Waals surface area contributed by atoms with Crippen LogP contribution in [-0.4, -0.2) is 29.7 Å². The lowest BCUT2D eigenvalue weighted by atomic mass is 10.3. The molecule has 3 aromatic rings. The topological polar surface area (TPSA) is 81.4 Å². The number of fused-ring (bicyclic) bond motifs is 2. The Labute approximate surface area is 121 Å². The lowest BCUT2D eigenvalue weighted by Crippen LogP contribution is -2.09. The predicted octanol–water partition coefficient (Wildman–Crippen LogP) is 1.48. The smallest absolute Gasteiger partial charge is 0.156 e. The van der Waals surface area contributed by atoms with Crippen molar-refractivity contribution in [3.05, 3.63) is 35.8 Å². The van der Waals surface area contributed by atoms with Gasteiger partial charge in [0.25, 0.3) is 0 Å². The van der Waals surface area contributed by atoms with Gasteiger partial charge in [-0.15, -0.1) is 10.2 Å². The fourth-order valence-corrected chi connectivity index (χ4v) is 2.67. The van der Waals surface area contributed by atoms with Gasteiger partial charge >= 0.3 is 0 Å². The maximum atomic E-state index is 4.52. The number of aryl methyl sites for hydroxylation is 2. The lowest BCUT2D eigenvalue weighted by Gasteiger charge is -2.08. The average molecular weight is 281 g/mol. The standard InChI is InChI=1S/C14H15N7/c1-9-4-5-10-13(18-9)14(17-8-16-10)15-7-12-20-19-11-3-2-6-21(11)12/h4-5,8H,2-3,6-7H2,1H3,(H,15,16,17). The van der Waals surface area contributed by atoms with E-state index in [1.54, 1.807) is 6.33 Å². The first-order valence-electron chi connectivity index (χ1n) is 7.04. The Morgan fingerprint density at radius 1 is 1.24 bits per heavy atom. The molecular formula is C14H15N7. The molecule has 7 heteroatoms. The van der Waals surface area contributed by atoms with Gasteiger partial charge in [-0.25, -0.2) is 15.0 Å². The molecule has 4 rings (SSSR count). The van der Waals surface area contributed by atoms with Gasteiger partial charge in [0, 0.05) is 18.7 Å². The second-order valence-electron chi connectivity index (χ2n) is 5.18. The highest BCUT2D eigenvalue weighted by molar-refractivity contribution is 5.84. The van der Waals surface area contributed by atoms with Crippen LogP contribution in [0.1, 0.15) is 23.8 Å². The molecule has 0 unspecified atom stereocenters. The largest absolute Gasteiger partial charge is 0.361 e. The van der Waals surface area contributed by atoms with Crippen LogP contribution < -0.4 is 5.32 Å². The Morgan fingerprint density at radius 3 is 3.14 bits per heavy atom. The number of nitrogens with one attached hydrogen (secondary N) is 1. The third-order valence-corrected chi connectivity index (χ3v) is 3.72. The van der Waals surface area contributed by atoms with Crippen LogP contribution in [0.3, 0.4) is 0 Å². The molecule has 7 nitrogen and oxygen atoms in total. The molecule has 106 valence electrons. The van der Waals surface area contributed by atoms with E-state index in [0.717, 1.165) is 53.6 Å². The monoisotopic (exact) mass is 281 g/mol. The molecule has 0 saturated heterocycles. The van der Waals surface area contributed by atoms with Crippen LogP contribution in [0, 0.1) is 6.92 Å². The first kappa shape index (κ1) is 12.2. The lowest BCUT2D eigenvalue weighted by molar-refractivity contribution is 0.695. The van der Waals surface area contributed by atoms with Gasteiger partial charge < -0.3 is 9.88 Å². The zero-order chi connectivity index (χ0) is 14.2. The van der Waals surface area contributed by atoms with Crippen LogP contribution in [0.5, 0.6) is 0 Å². The van der Waals surface area contributed by atoms with Gasteiger partial charge in [0.1, 0.15) is 17.7 Å². The van der Waals surface area contributed by atoms with Gasteiger partial charge in [0.15, 0.2) is 11.6 Å². The SMILES string of the molecule is Cc1ccc2ncnc(NCc3nnc4n3CCC4)c2n1. The van der Waals surface area contributed by atoms with E-state index in [1.807, 2.05) is 19.1 Å². The van der Waals surface area contributed by atoms with Gasteiger partial charge in [0.05, 0.1) is 12.1 Å². The number of nitrogens with zero attached hydrogens (tertiary/aromatic N) is 6. The summed E-state index contributed by atoms with van der Waals surface area (Å²) in [6.07, 6.45) is 3.72. The maximum Gasteiger partial charge on any atom is 0.156 e. The Hall–Kier alpha value is -2.57. The number of pyridine rings is 1. The van der Waals surface area contributed by atoms with Gasteiger partial charge in [-0.1, -0.05) is 0 Å². The predicted molar refractivity (Wildman–Crippen MR) is 77.7 cm³/mol. The number of hydrogen-bond acceptors (Lipinski definition) is 6. The molecule has 0 aliphatic carbocycles. The normalized spacial score (nSPS) is 13.6. The van der Waals surface area contributed by atoms with Crippen molar-refractivity contribution < 1.29 is 0 Å². The molecule has 0 aromatic carbocycles. The van der Waals surface area contributed by atoms with E-state index in [1.165, 1.54) is 0 Å². The van der Waals surface area contributed by atoms with Crippen LogP contribution in [0.25, 0.3) is 11.0 Å². The van der Waals surface area contributed by atoms with Gasteiger partial charge in [0.2, 0.25) is 0 Å². The summed E-state index contributed by atoms with van der Waals surface area (Å²) in [5.74, 6) is 2.76. The summed E-state index contributed by atoms with van der Waals surface area (Å²) in [5, 5.41) is 11.8. The van der Waals surface area contributed by atoms with Crippen molar-refractivity contribution in [1.82, 2.24) is 29.7 Å². The summed E-state index contributed by atoms with van der Waals surface area (Å²) in [6.45, 7) is 3.55. The number of hydrogen-bond donors (Lipinski definition) is 1. The second-order valence-corrected chi connectivity index (χ2v) is 5.18. The average Bonchev–Trinajstić information content (AvgIpc) is 3.09. The Balaban J connectivity index is 1.64. The van der Waals surface area contributed by atoms with Crippen LogP contribution in [0.15, 0.2) is 18.5 Å². The number of aromatic nitrogens is 6. The summed E-state index contributed by atoms with van der Waals surface area (Å²) in [6, 6.07) is 3.91. The molecule has 0 spiro atoms. The van der Waals surface area contributed by atoms with Gasteiger partial charge in [-0.05, 0) is 25.5 Å². The molecule has 1 aliphatic heterocycles. The van der Waals surface area contributed by atoms with Crippen molar-refractivity contribution in [3.8, 4) is 0 Å². The van der Waals surface area contributed by atoms with E-state index in [-0.39, 0.29) is 0 Å². The van der Waals surface area contributed by atoms with E-state index in [0.29, 0.717) is 6.54 Å². The van der Waals surface area contributed by atoms with E-state index in [2.05, 4.69) is 35.0 Å². The number of anilines is 1. The Morgan fingerprint density at radius 2 is 2.19 bits per heavy atom. The summed E-state index contributed by atoms with van der Waals surface area (Å²) < 4.78 is 2.18. The minimum Gasteiger partial charge on any atom is -0.361 e. The highest BCUT2D eigenvalue weighted by Crippen LogP contribution is 2.19. The van der Waals surface area contributed by atoms with Crippen molar-refractivity contribution in [1.29, 1.82) is 0 Å². The van der Waals surface area contributed by atoms with Crippen LogP contribution in [-0.2, 0) is 19.5 Å². The van der Waals surface area contributed by atoms with Crippen LogP contribution in [0.4, 0.5) is 5.82 Å². The second kappa shape index (κ2) is 4.76. The summed E-state index contributed by atoms with van der Waals surface area (Å²) in [5.41, 5.74) is 2.58. The minimum atomic E-state index is 0.592. The first-order chi connectivity index (χ1) is 10.3. The summed E-state index contributed by atoms with van der Waals surface area (Å²) >= 11 is 0. The molecule has 1 N–H and O–H groups in total. The molecule has 0 saturated carbocycles. The van der Waals surface area contributed by atoms with E-state index < -0.39 is 0 Å². The summed E-state index contributed by atoms with van der Waals surface area (Å²) in [7, 11) is 0. The first-order valence-corrected chi connectivity index (χ1v) is 7.04. The Bertz CT molecular complexity index is 808. The van der Waals surface area contributed by atoms with Crippen molar-refractivity contribution >= 4 is 16.9 Å². The van der Waals surface area contributed by atoms with E-state index >= 15 is 0 Å². The molecule has 21 heavy (non-hydrogen) atoms. The van der Waals surface area contributed by atoms with Crippen LogP contribution in [0.2, 0.25) is 0 Å². The third kappa shape index (κ3) is 2.10. The van der Waals surface area contributed by atoms with Crippen molar-refractivity contribution in [2.24, 2.45) is 0 Å². The van der Waals surface area contributed by atoms with Gasteiger partial charge in [-0.3, -0.25) is 0 Å². The molecule has 1 aliphatic rings. The maximum absolute atomic E-state index is 4.52. The molecule has 0 atom stereocenters. The molecule has 4 heterocycles. The Kier molecular flexibility index (Phi) is 2.77. The van der Waals surface area contributed by atoms with Gasteiger partial charge in [-0.2, -0.15) is 0 Å². The van der Waals surface area contributed by atoms with Crippen molar-refractivity contribution in [2.45, 2.75) is 32.9 Å². The van der Waals surface area contributed by atoms with E-state index in [9.17, 15) is 0 Å². The van der Waals surface area contributed by atoms with E-state index in [4.69, 9.17) is 0 Å². The molecule has 3 aromatic heterocycles. The quantitative estimate of drug-likeness (QED) is 0.783. The molecule has 0 radical (unpaired) electrons. The third-order valence-electron chi connectivity index (χ3n) is 3.72. The van der Waals surface area contributed by atoms with Crippen LogP contribution >= 0.6 is 0 Å². The zero-order valence-corrected chi connectivity index (χ0v) is 11.7. The zero-order valence-electron chi connectivity index (χ0n) is 11.7. The molecule has 0 bridgehead atoms. The molecular weight excluding hydrogens is 266 g/mol. The highest BCUT2D eigenvalue weighted by Gasteiger charge is 2.17. The summed E-state index contributed by atoms with van der Waals surface area (Å²) in [4.78, 5) is 13.1. The molecule has 0 amide bonds. The molecule has 0 fully saturated rings. The fraction of sp³-hybridized carbons (Fsp3) is 0.357. The minimum absolute atomic E-state index is 0.592.